The molecule has 0 unspecified atom stereocenters. The molecule has 0 atom stereocenters. The van der Waals surface area contributed by atoms with E-state index in [0.717, 1.165) is 10.8 Å². The highest BCUT2D eigenvalue weighted by molar-refractivity contribution is 6.16. The summed E-state index contributed by atoms with van der Waals surface area (Å²) in [4.78, 5) is 0. The molecule has 3 aromatic rings. The van der Waals surface area contributed by atoms with Gasteiger partial charge in [-0.1, -0.05) is 24.3 Å². The van der Waals surface area contributed by atoms with E-state index >= 15 is 0 Å². The van der Waals surface area contributed by atoms with Crippen molar-refractivity contribution in [2.75, 3.05) is 0 Å². The van der Waals surface area contributed by atoms with Gasteiger partial charge in [0.05, 0.1) is 5.56 Å². The molecule has 4 nitrogen and oxygen atoms in total. The SMILES string of the molecule is Oc1cc2ccccc2cc1-c1nnc(CCl)o1. The molecule has 0 aliphatic rings. The first-order valence-corrected chi connectivity index (χ1v) is 5.92. The van der Waals surface area contributed by atoms with Crippen LogP contribution >= 0.6 is 11.6 Å². The van der Waals surface area contributed by atoms with E-state index in [1.165, 1.54) is 0 Å². The topological polar surface area (TPSA) is 59.2 Å². The van der Waals surface area contributed by atoms with Gasteiger partial charge in [0.25, 0.3) is 5.89 Å². The van der Waals surface area contributed by atoms with Gasteiger partial charge in [-0.15, -0.1) is 21.8 Å². The summed E-state index contributed by atoms with van der Waals surface area (Å²) in [7, 11) is 0. The molecule has 1 heterocycles. The van der Waals surface area contributed by atoms with Crippen molar-refractivity contribution in [3.05, 3.63) is 42.3 Å². The van der Waals surface area contributed by atoms with Crippen LogP contribution in [0.5, 0.6) is 5.75 Å². The van der Waals surface area contributed by atoms with E-state index in [2.05, 4.69) is 10.2 Å². The number of alkyl halides is 1. The third-order valence-corrected chi connectivity index (χ3v) is 2.90. The highest BCUT2D eigenvalue weighted by Gasteiger charge is 2.13. The molecule has 1 aromatic heterocycles. The number of rotatable bonds is 2. The van der Waals surface area contributed by atoms with Crippen LogP contribution in [-0.4, -0.2) is 15.3 Å². The lowest BCUT2D eigenvalue weighted by Crippen LogP contribution is -1.81. The maximum atomic E-state index is 9.98. The average Bonchev–Trinajstić information content (AvgIpc) is 2.86. The van der Waals surface area contributed by atoms with Crippen molar-refractivity contribution in [3.63, 3.8) is 0 Å². The number of phenols is 1. The van der Waals surface area contributed by atoms with Crippen molar-refractivity contribution in [2.45, 2.75) is 5.88 Å². The number of fused-ring (bicyclic) bond motifs is 1. The van der Waals surface area contributed by atoms with Gasteiger partial charge in [0, 0.05) is 0 Å². The number of aromatic hydroxyl groups is 1. The van der Waals surface area contributed by atoms with E-state index < -0.39 is 0 Å². The summed E-state index contributed by atoms with van der Waals surface area (Å²) in [5.41, 5.74) is 0.512. The zero-order valence-corrected chi connectivity index (χ0v) is 10.1. The summed E-state index contributed by atoms with van der Waals surface area (Å²) < 4.78 is 5.33. The van der Waals surface area contributed by atoms with Gasteiger partial charge in [0.1, 0.15) is 11.6 Å². The first-order chi connectivity index (χ1) is 8.78. The number of aromatic nitrogens is 2. The molecule has 0 spiro atoms. The summed E-state index contributed by atoms with van der Waals surface area (Å²) in [5.74, 6) is 0.869. The Kier molecular flexibility index (Phi) is 2.64. The van der Waals surface area contributed by atoms with Crippen LogP contribution in [0.25, 0.3) is 22.2 Å². The van der Waals surface area contributed by atoms with E-state index in [0.29, 0.717) is 11.5 Å². The molecule has 0 saturated heterocycles. The fourth-order valence-corrected chi connectivity index (χ4v) is 1.92. The molecule has 0 saturated carbocycles. The third kappa shape index (κ3) is 1.80. The van der Waals surface area contributed by atoms with Crippen LogP contribution in [0.4, 0.5) is 0 Å². The van der Waals surface area contributed by atoms with Crippen molar-refractivity contribution >= 4 is 22.4 Å². The fourth-order valence-electron chi connectivity index (χ4n) is 1.82. The number of benzene rings is 2. The molecule has 0 radical (unpaired) electrons. The zero-order chi connectivity index (χ0) is 12.5. The van der Waals surface area contributed by atoms with Crippen molar-refractivity contribution in [1.29, 1.82) is 0 Å². The lowest BCUT2D eigenvalue weighted by molar-refractivity contribution is 0.471. The van der Waals surface area contributed by atoms with Crippen molar-refractivity contribution in [3.8, 4) is 17.2 Å². The van der Waals surface area contributed by atoms with Crippen LogP contribution in [0.3, 0.4) is 0 Å². The Morgan fingerprint density at radius 1 is 1.11 bits per heavy atom. The maximum absolute atomic E-state index is 9.98. The average molecular weight is 261 g/mol. The molecule has 0 amide bonds. The van der Waals surface area contributed by atoms with Crippen LogP contribution in [0.15, 0.2) is 40.8 Å². The van der Waals surface area contributed by atoms with Crippen molar-refractivity contribution in [2.24, 2.45) is 0 Å². The van der Waals surface area contributed by atoms with Crippen LogP contribution < -0.4 is 0 Å². The molecule has 18 heavy (non-hydrogen) atoms. The first kappa shape index (κ1) is 11.0. The van der Waals surface area contributed by atoms with E-state index in [1.807, 2.05) is 30.3 Å². The Bertz CT molecular complexity index is 709. The minimum absolute atomic E-state index is 0.110. The van der Waals surface area contributed by atoms with E-state index in [1.54, 1.807) is 6.07 Å². The fraction of sp³-hybridized carbons (Fsp3) is 0.0769. The predicted molar refractivity (Wildman–Crippen MR) is 68.5 cm³/mol. The van der Waals surface area contributed by atoms with Crippen molar-refractivity contribution in [1.82, 2.24) is 10.2 Å². The molecular weight excluding hydrogens is 252 g/mol. The molecule has 0 aliphatic heterocycles. The molecule has 0 fully saturated rings. The second-order valence-electron chi connectivity index (χ2n) is 3.85. The quantitative estimate of drug-likeness (QED) is 0.718. The van der Waals surface area contributed by atoms with Gasteiger partial charge in [-0.3, -0.25) is 0 Å². The molecule has 5 heteroatoms. The smallest absolute Gasteiger partial charge is 0.251 e. The minimum Gasteiger partial charge on any atom is -0.507 e. The standard InChI is InChI=1S/C13H9ClN2O2/c14-7-12-15-16-13(18-12)10-5-8-3-1-2-4-9(8)6-11(10)17/h1-6,17H,7H2. The Morgan fingerprint density at radius 3 is 2.50 bits per heavy atom. The number of hydrogen-bond donors (Lipinski definition) is 1. The molecule has 2 aromatic carbocycles. The predicted octanol–water partition coefficient (Wildman–Crippen LogP) is 3.33. The Morgan fingerprint density at radius 2 is 1.83 bits per heavy atom. The van der Waals surface area contributed by atoms with Gasteiger partial charge in [-0.05, 0) is 22.9 Å². The number of phenolic OH excluding ortho intramolecular Hbond substituents is 1. The van der Waals surface area contributed by atoms with Crippen LogP contribution in [-0.2, 0) is 5.88 Å². The highest BCUT2D eigenvalue weighted by Crippen LogP contribution is 2.32. The second kappa shape index (κ2) is 4.31. The Hall–Kier alpha value is -2.07. The Labute approximate surface area is 108 Å². The van der Waals surface area contributed by atoms with Gasteiger partial charge < -0.3 is 9.52 Å². The first-order valence-electron chi connectivity index (χ1n) is 5.38. The number of nitrogens with zero attached hydrogens (tertiary/aromatic N) is 2. The molecule has 0 bridgehead atoms. The van der Waals surface area contributed by atoms with Gasteiger partial charge >= 0.3 is 0 Å². The van der Waals surface area contributed by atoms with Gasteiger partial charge in [0.15, 0.2) is 0 Å². The van der Waals surface area contributed by atoms with E-state index in [4.69, 9.17) is 16.0 Å². The molecule has 1 N–H and O–H groups in total. The number of hydrogen-bond acceptors (Lipinski definition) is 4. The van der Waals surface area contributed by atoms with Crippen LogP contribution in [0.1, 0.15) is 5.89 Å². The van der Waals surface area contributed by atoms with Gasteiger partial charge in [0.2, 0.25) is 5.89 Å². The normalized spacial score (nSPS) is 10.9. The summed E-state index contributed by atoms with van der Waals surface area (Å²) in [6.45, 7) is 0. The maximum Gasteiger partial charge on any atom is 0.251 e. The summed E-state index contributed by atoms with van der Waals surface area (Å²) >= 11 is 5.60. The van der Waals surface area contributed by atoms with E-state index in [9.17, 15) is 5.11 Å². The van der Waals surface area contributed by atoms with Crippen molar-refractivity contribution < 1.29 is 9.52 Å². The van der Waals surface area contributed by atoms with Gasteiger partial charge in [-0.2, -0.15) is 0 Å². The van der Waals surface area contributed by atoms with Gasteiger partial charge in [-0.25, -0.2) is 0 Å². The molecule has 90 valence electrons. The lowest BCUT2D eigenvalue weighted by Gasteiger charge is -2.03. The van der Waals surface area contributed by atoms with E-state index in [-0.39, 0.29) is 17.5 Å². The summed E-state index contributed by atoms with van der Waals surface area (Å²) in [6.07, 6.45) is 0. The minimum atomic E-state index is 0.110. The van der Waals surface area contributed by atoms with Crippen LogP contribution in [0, 0.1) is 0 Å². The molecular formula is C13H9ClN2O2. The van der Waals surface area contributed by atoms with Crippen LogP contribution in [0.2, 0.25) is 0 Å². The monoisotopic (exact) mass is 260 g/mol. The highest BCUT2D eigenvalue weighted by atomic mass is 35.5. The lowest BCUT2D eigenvalue weighted by atomic mass is 10.1. The molecule has 3 rings (SSSR count). The Balaban J connectivity index is 2.19. The summed E-state index contributed by atoms with van der Waals surface area (Å²) in [6, 6.07) is 11.2. The third-order valence-electron chi connectivity index (χ3n) is 2.68. The summed E-state index contributed by atoms with van der Waals surface area (Å²) in [5, 5.41) is 19.6. The molecule has 0 aliphatic carbocycles. The number of halogens is 1. The largest absolute Gasteiger partial charge is 0.507 e. The second-order valence-corrected chi connectivity index (χ2v) is 4.12. The zero-order valence-electron chi connectivity index (χ0n) is 9.30.